The van der Waals surface area contributed by atoms with Crippen molar-refractivity contribution in [1.29, 1.82) is 0 Å². The van der Waals surface area contributed by atoms with Crippen molar-refractivity contribution in [3.63, 3.8) is 0 Å². The summed E-state index contributed by atoms with van der Waals surface area (Å²) in [5.41, 5.74) is 1.82. The van der Waals surface area contributed by atoms with Crippen molar-refractivity contribution >= 4 is 23.4 Å². The Morgan fingerprint density at radius 2 is 1.87 bits per heavy atom. The van der Waals surface area contributed by atoms with Crippen LogP contribution in [-0.2, 0) is 4.74 Å². The fraction of sp³-hybridized carbons (Fsp3) is 0.222. The average molecular weight is 335 g/mol. The molecule has 0 unspecified atom stereocenters. The van der Waals surface area contributed by atoms with E-state index < -0.39 is 17.9 Å². The second kappa shape index (κ2) is 6.92. The quantitative estimate of drug-likeness (QED) is 0.609. The lowest BCUT2D eigenvalue weighted by Crippen LogP contribution is -2.25. The zero-order valence-electron chi connectivity index (χ0n) is 13.0. The van der Waals surface area contributed by atoms with E-state index in [9.17, 15) is 14.0 Å². The van der Waals surface area contributed by atoms with Crippen LogP contribution < -0.4 is 0 Å². The van der Waals surface area contributed by atoms with E-state index in [1.54, 1.807) is 13.0 Å². The topological polar surface area (TPSA) is 43.4 Å². The van der Waals surface area contributed by atoms with Gasteiger partial charge in [0.15, 0.2) is 6.10 Å². The maximum Gasteiger partial charge on any atom is 0.343 e. The van der Waals surface area contributed by atoms with Crippen LogP contribution in [0.25, 0.3) is 0 Å². The predicted molar refractivity (Wildman–Crippen MR) is 86.5 cm³/mol. The van der Waals surface area contributed by atoms with Crippen molar-refractivity contribution in [1.82, 2.24) is 0 Å². The number of ketones is 1. The minimum Gasteiger partial charge on any atom is -0.451 e. The molecule has 1 atom stereocenters. The summed E-state index contributed by atoms with van der Waals surface area (Å²) in [5.74, 6) is -2.08. The van der Waals surface area contributed by atoms with E-state index in [1.165, 1.54) is 19.1 Å². The molecule has 0 spiro atoms. The highest BCUT2D eigenvalue weighted by Gasteiger charge is 2.24. The van der Waals surface area contributed by atoms with Crippen molar-refractivity contribution in [3.8, 4) is 0 Å². The van der Waals surface area contributed by atoms with Gasteiger partial charge < -0.3 is 4.74 Å². The van der Waals surface area contributed by atoms with E-state index >= 15 is 0 Å². The van der Waals surface area contributed by atoms with Gasteiger partial charge in [-0.05, 0) is 44.5 Å². The highest BCUT2D eigenvalue weighted by molar-refractivity contribution is 6.33. The number of hydrogen-bond acceptors (Lipinski definition) is 3. The van der Waals surface area contributed by atoms with Gasteiger partial charge in [0.25, 0.3) is 0 Å². The molecule has 0 aromatic heterocycles. The zero-order valence-corrected chi connectivity index (χ0v) is 13.8. The molecule has 0 N–H and O–H groups in total. The third-order valence-electron chi connectivity index (χ3n) is 3.48. The molecule has 120 valence electrons. The molecule has 2 aromatic rings. The molecule has 23 heavy (non-hydrogen) atoms. The normalized spacial score (nSPS) is 11.9. The van der Waals surface area contributed by atoms with Gasteiger partial charge in [0.05, 0.1) is 5.02 Å². The second-order valence-corrected chi connectivity index (χ2v) is 5.73. The number of rotatable bonds is 4. The first-order valence-corrected chi connectivity index (χ1v) is 7.45. The van der Waals surface area contributed by atoms with Crippen molar-refractivity contribution in [2.24, 2.45) is 0 Å². The fourth-order valence-corrected chi connectivity index (χ4v) is 2.43. The minimum absolute atomic E-state index is 0.0543. The van der Waals surface area contributed by atoms with Crippen LogP contribution in [-0.4, -0.2) is 17.9 Å². The molecule has 0 radical (unpaired) electrons. The van der Waals surface area contributed by atoms with Crippen molar-refractivity contribution in [3.05, 3.63) is 69.5 Å². The van der Waals surface area contributed by atoms with Crippen LogP contribution in [0.5, 0.6) is 0 Å². The van der Waals surface area contributed by atoms with Gasteiger partial charge >= 0.3 is 5.97 Å². The number of carbonyl (C=O) groups excluding carboxylic acids is 2. The number of hydrogen-bond donors (Lipinski definition) is 0. The van der Waals surface area contributed by atoms with Gasteiger partial charge in [0.2, 0.25) is 5.78 Å². The van der Waals surface area contributed by atoms with E-state index in [2.05, 4.69) is 0 Å². The lowest BCUT2D eigenvalue weighted by atomic mass is 9.99. The van der Waals surface area contributed by atoms with E-state index in [4.69, 9.17) is 16.3 Å². The molecule has 0 aliphatic rings. The number of halogens is 2. The Morgan fingerprint density at radius 3 is 2.52 bits per heavy atom. The Balaban J connectivity index is 2.21. The molecule has 0 fully saturated rings. The number of aryl methyl sites for hydroxylation is 2. The van der Waals surface area contributed by atoms with Gasteiger partial charge in [0.1, 0.15) is 11.4 Å². The highest BCUT2D eigenvalue weighted by Crippen LogP contribution is 2.21. The van der Waals surface area contributed by atoms with Crippen molar-refractivity contribution in [2.75, 3.05) is 0 Å². The Bertz CT molecular complexity index is 751. The minimum atomic E-state index is -1.04. The van der Waals surface area contributed by atoms with Crippen molar-refractivity contribution < 1.29 is 18.7 Å². The Morgan fingerprint density at radius 1 is 1.17 bits per heavy atom. The first-order chi connectivity index (χ1) is 10.8. The summed E-state index contributed by atoms with van der Waals surface area (Å²) in [6.07, 6.45) is -1.04. The molecule has 0 bridgehead atoms. The zero-order chi connectivity index (χ0) is 17.1. The maximum absolute atomic E-state index is 13.7. The maximum atomic E-state index is 13.7. The van der Waals surface area contributed by atoms with Gasteiger partial charge in [-0.2, -0.15) is 0 Å². The first kappa shape index (κ1) is 17.2. The van der Waals surface area contributed by atoms with Gasteiger partial charge in [-0.3, -0.25) is 4.79 Å². The molecule has 3 nitrogen and oxygen atoms in total. The molecular formula is C18H16ClFO3. The third kappa shape index (κ3) is 3.77. The van der Waals surface area contributed by atoms with Crippen LogP contribution in [0.2, 0.25) is 5.02 Å². The van der Waals surface area contributed by atoms with Gasteiger partial charge in [-0.25, -0.2) is 9.18 Å². The number of benzene rings is 2. The van der Waals surface area contributed by atoms with Gasteiger partial charge in [-0.1, -0.05) is 35.4 Å². The van der Waals surface area contributed by atoms with Gasteiger partial charge in [0, 0.05) is 5.56 Å². The van der Waals surface area contributed by atoms with Crippen LogP contribution in [0.15, 0.2) is 36.4 Å². The number of Topliss-reactive ketones (excluding diaryl/α,β-unsaturated/α-hetero) is 1. The summed E-state index contributed by atoms with van der Waals surface area (Å²) in [6, 6.07) is 9.34. The molecule has 0 saturated heterocycles. The van der Waals surface area contributed by atoms with Crippen LogP contribution in [0, 0.1) is 19.7 Å². The lowest BCUT2D eigenvalue weighted by molar-refractivity contribution is 0.0314. The number of esters is 1. The summed E-state index contributed by atoms with van der Waals surface area (Å²) in [5, 5.41) is -0.0543. The van der Waals surface area contributed by atoms with E-state index in [1.807, 2.05) is 19.1 Å². The first-order valence-electron chi connectivity index (χ1n) is 7.07. The fourth-order valence-electron chi connectivity index (χ4n) is 2.19. The van der Waals surface area contributed by atoms with Crippen LogP contribution >= 0.6 is 11.6 Å². The molecular weight excluding hydrogens is 319 g/mol. The summed E-state index contributed by atoms with van der Waals surface area (Å²) in [4.78, 5) is 24.5. The molecule has 2 aromatic carbocycles. The van der Waals surface area contributed by atoms with Crippen molar-refractivity contribution in [2.45, 2.75) is 26.9 Å². The summed E-state index contributed by atoms with van der Waals surface area (Å²) >= 11 is 5.82. The Kier molecular flexibility index (Phi) is 5.16. The van der Waals surface area contributed by atoms with Crippen LogP contribution in [0.1, 0.15) is 38.8 Å². The Labute approximate surface area is 139 Å². The molecule has 5 heteroatoms. The predicted octanol–water partition coefficient (Wildman–Crippen LogP) is 4.52. The summed E-state index contributed by atoms with van der Waals surface area (Å²) < 4.78 is 18.8. The Hall–Kier alpha value is -2.20. The average Bonchev–Trinajstić information content (AvgIpc) is 2.48. The molecule has 0 aliphatic heterocycles. The second-order valence-electron chi connectivity index (χ2n) is 5.33. The van der Waals surface area contributed by atoms with Crippen LogP contribution in [0.3, 0.4) is 0 Å². The molecule has 0 aliphatic carbocycles. The summed E-state index contributed by atoms with van der Waals surface area (Å²) in [6.45, 7) is 5.12. The molecule has 0 amide bonds. The highest BCUT2D eigenvalue weighted by atomic mass is 35.5. The number of ether oxygens (including phenoxy) is 1. The standard InChI is InChI=1S/C18H16ClFO3/c1-10-7-8-11(2)13(9-10)17(21)12(3)23-18(22)16-14(19)5-4-6-15(16)20/h4-9,12H,1-3H3/t12-/m0/s1. The third-order valence-corrected chi connectivity index (χ3v) is 3.79. The largest absolute Gasteiger partial charge is 0.451 e. The van der Waals surface area contributed by atoms with E-state index in [0.717, 1.165) is 17.2 Å². The lowest BCUT2D eigenvalue weighted by Gasteiger charge is -2.15. The summed E-state index contributed by atoms with van der Waals surface area (Å²) in [7, 11) is 0. The molecule has 0 saturated carbocycles. The van der Waals surface area contributed by atoms with Crippen LogP contribution in [0.4, 0.5) is 4.39 Å². The number of carbonyl (C=O) groups is 2. The smallest absolute Gasteiger partial charge is 0.343 e. The van der Waals surface area contributed by atoms with E-state index in [0.29, 0.717) is 5.56 Å². The molecule has 0 heterocycles. The SMILES string of the molecule is Cc1ccc(C)c(C(=O)[C@H](C)OC(=O)c2c(F)cccc2Cl)c1. The van der Waals surface area contributed by atoms with E-state index in [-0.39, 0.29) is 16.4 Å². The van der Waals surface area contributed by atoms with Gasteiger partial charge in [-0.15, -0.1) is 0 Å². The molecule has 2 rings (SSSR count). The monoisotopic (exact) mass is 334 g/mol.